The Morgan fingerprint density at radius 1 is 1.41 bits per heavy atom. The van der Waals surface area contributed by atoms with Gasteiger partial charge >= 0.3 is 0 Å². The van der Waals surface area contributed by atoms with E-state index in [-0.39, 0.29) is 0 Å². The van der Waals surface area contributed by atoms with Crippen LogP contribution in [0.4, 0.5) is 0 Å². The number of nitrogens with zero attached hydrogens (tertiary/aromatic N) is 2. The summed E-state index contributed by atoms with van der Waals surface area (Å²) < 4.78 is 1.93. The molecule has 17 heavy (non-hydrogen) atoms. The highest BCUT2D eigenvalue weighted by atomic mass is 35.5. The first-order valence-corrected chi connectivity index (χ1v) is 6.07. The van der Waals surface area contributed by atoms with E-state index in [1.807, 2.05) is 29.1 Å². The number of hydrogen-bond donors (Lipinski definition) is 1. The van der Waals surface area contributed by atoms with E-state index in [0.717, 1.165) is 34.0 Å². The van der Waals surface area contributed by atoms with Gasteiger partial charge in [-0.05, 0) is 31.0 Å². The Morgan fingerprint density at radius 2 is 2.18 bits per heavy atom. The average Bonchev–Trinajstić information content (AvgIpc) is 2.74. The zero-order valence-electron chi connectivity index (χ0n) is 10.1. The van der Waals surface area contributed by atoms with E-state index < -0.39 is 0 Å². The molecule has 0 amide bonds. The van der Waals surface area contributed by atoms with Gasteiger partial charge in [0.2, 0.25) is 0 Å². The van der Waals surface area contributed by atoms with Gasteiger partial charge in [0.15, 0.2) is 0 Å². The largest absolute Gasteiger partial charge is 0.326 e. The molecular weight excluding hydrogens is 234 g/mol. The number of hydrogen-bond acceptors (Lipinski definition) is 2. The molecular formula is C13H16ClN3. The van der Waals surface area contributed by atoms with E-state index in [0.29, 0.717) is 6.54 Å². The van der Waals surface area contributed by atoms with Crippen LogP contribution in [0, 0.1) is 6.92 Å². The normalized spacial score (nSPS) is 10.8. The molecule has 1 heterocycles. The van der Waals surface area contributed by atoms with Crippen LogP contribution in [0.2, 0.25) is 5.02 Å². The van der Waals surface area contributed by atoms with E-state index in [4.69, 9.17) is 17.3 Å². The lowest BCUT2D eigenvalue weighted by Gasteiger charge is -2.10. The van der Waals surface area contributed by atoms with Gasteiger partial charge in [0.25, 0.3) is 0 Å². The van der Waals surface area contributed by atoms with Gasteiger partial charge in [0.1, 0.15) is 0 Å². The van der Waals surface area contributed by atoms with E-state index >= 15 is 0 Å². The van der Waals surface area contributed by atoms with Crippen molar-refractivity contribution in [3.63, 3.8) is 0 Å². The second-order valence-electron chi connectivity index (χ2n) is 4.02. The van der Waals surface area contributed by atoms with E-state index in [2.05, 4.69) is 18.9 Å². The lowest BCUT2D eigenvalue weighted by atomic mass is 10.1. The number of aromatic nitrogens is 2. The molecule has 0 saturated heterocycles. The van der Waals surface area contributed by atoms with Crippen molar-refractivity contribution in [1.29, 1.82) is 0 Å². The quantitative estimate of drug-likeness (QED) is 0.909. The minimum Gasteiger partial charge on any atom is -0.326 e. The molecule has 0 aliphatic heterocycles. The summed E-state index contributed by atoms with van der Waals surface area (Å²) in [7, 11) is 0. The molecule has 0 saturated carbocycles. The van der Waals surface area contributed by atoms with Gasteiger partial charge in [-0.3, -0.25) is 0 Å². The Labute approximate surface area is 106 Å². The van der Waals surface area contributed by atoms with Crippen LogP contribution in [-0.2, 0) is 13.0 Å². The van der Waals surface area contributed by atoms with Crippen molar-refractivity contribution in [1.82, 2.24) is 9.78 Å². The molecule has 0 aliphatic carbocycles. The lowest BCUT2D eigenvalue weighted by molar-refractivity contribution is 0.802. The van der Waals surface area contributed by atoms with Crippen molar-refractivity contribution in [3.05, 3.63) is 46.2 Å². The molecule has 0 atom stereocenters. The third kappa shape index (κ3) is 2.21. The predicted molar refractivity (Wildman–Crippen MR) is 70.6 cm³/mol. The van der Waals surface area contributed by atoms with Crippen LogP contribution in [0.1, 0.15) is 23.7 Å². The summed E-state index contributed by atoms with van der Waals surface area (Å²) in [4.78, 5) is 0. The summed E-state index contributed by atoms with van der Waals surface area (Å²) in [5, 5.41) is 5.13. The predicted octanol–water partition coefficient (Wildman–Crippen LogP) is 2.86. The second kappa shape index (κ2) is 4.90. The fourth-order valence-electron chi connectivity index (χ4n) is 1.97. The molecule has 90 valence electrons. The van der Waals surface area contributed by atoms with Gasteiger partial charge in [-0.2, -0.15) is 5.10 Å². The molecule has 0 aliphatic rings. The second-order valence-corrected chi connectivity index (χ2v) is 4.45. The summed E-state index contributed by atoms with van der Waals surface area (Å²) in [6, 6.07) is 5.82. The summed E-state index contributed by atoms with van der Waals surface area (Å²) in [6.07, 6.45) is 2.73. The topological polar surface area (TPSA) is 43.8 Å². The number of nitrogens with two attached hydrogens (primary N) is 1. The summed E-state index contributed by atoms with van der Waals surface area (Å²) in [5.41, 5.74) is 10.1. The zero-order valence-corrected chi connectivity index (χ0v) is 10.8. The smallest absolute Gasteiger partial charge is 0.0692 e. The summed E-state index contributed by atoms with van der Waals surface area (Å²) >= 11 is 6.04. The SMILES string of the molecule is CCc1c(CN)cnn1-c1cc(Cl)ccc1C. The fraction of sp³-hybridized carbons (Fsp3) is 0.308. The number of rotatable bonds is 3. The highest BCUT2D eigenvalue weighted by Crippen LogP contribution is 2.22. The molecule has 0 fully saturated rings. The minimum absolute atomic E-state index is 0.517. The Kier molecular flexibility index (Phi) is 3.50. The maximum Gasteiger partial charge on any atom is 0.0692 e. The van der Waals surface area contributed by atoms with E-state index in [1.54, 1.807) is 0 Å². The van der Waals surface area contributed by atoms with Gasteiger partial charge in [-0.15, -0.1) is 0 Å². The highest BCUT2D eigenvalue weighted by molar-refractivity contribution is 6.30. The Morgan fingerprint density at radius 3 is 2.82 bits per heavy atom. The van der Waals surface area contributed by atoms with E-state index in [1.165, 1.54) is 0 Å². The number of halogens is 1. The van der Waals surface area contributed by atoms with Crippen LogP contribution in [0.5, 0.6) is 0 Å². The average molecular weight is 250 g/mol. The van der Waals surface area contributed by atoms with Gasteiger partial charge in [-0.25, -0.2) is 4.68 Å². The van der Waals surface area contributed by atoms with Crippen LogP contribution in [0.15, 0.2) is 24.4 Å². The Hall–Kier alpha value is -1.32. The monoisotopic (exact) mass is 249 g/mol. The minimum atomic E-state index is 0.517. The van der Waals surface area contributed by atoms with Crippen molar-refractivity contribution in [2.24, 2.45) is 5.73 Å². The first kappa shape index (κ1) is 12.1. The molecule has 0 unspecified atom stereocenters. The van der Waals surface area contributed by atoms with Crippen molar-refractivity contribution in [2.75, 3.05) is 0 Å². The Balaban J connectivity index is 2.59. The lowest BCUT2D eigenvalue weighted by Crippen LogP contribution is -2.06. The molecule has 2 rings (SSSR count). The van der Waals surface area contributed by atoms with Crippen LogP contribution in [0.3, 0.4) is 0 Å². The Bertz CT molecular complexity index is 531. The summed E-state index contributed by atoms with van der Waals surface area (Å²) in [6.45, 7) is 4.67. The zero-order chi connectivity index (χ0) is 12.4. The van der Waals surface area contributed by atoms with Crippen molar-refractivity contribution in [3.8, 4) is 5.69 Å². The van der Waals surface area contributed by atoms with Crippen LogP contribution in [0.25, 0.3) is 5.69 Å². The first-order valence-electron chi connectivity index (χ1n) is 5.69. The molecule has 1 aromatic heterocycles. The van der Waals surface area contributed by atoms with Crippen molar-refractivity contribution in [2.45, 2.75) is 26.8 Å². The maximum absolute atomic E-state index is 6.04. The van der Waals surface area contributed by atoms with Gasteiger partial charge in [0, 0.05) is 22.8 Å². The summed E-state index contributed by atoms with van der Waals surface area (Å²) in [5.74, 6) is 0. The third-order valence-electron chi connectivity index (χ3n) is 2.91. The van der Waals surface area contributed by atoms with Crippen LogP contribution < -0.4 is 5.73 Å². The van der Waals surface area contributed by atoms with Gasteiger partial charge in [-0.1, -0.05) is 24.6 Å². The first-order chi connectivity index (χ1) is 8.17. The molecule has 2 aromatic rings. The van der Waals surface area contributed by atoms with Crippen molar-refractivity contribution < 1.29 is 0 Å². The van der Waals surface area contributed by atoms with Crippen LogP contribution >= 0.6 is 11.6 Å². The molecule has 0 bridgehead atoms. The molecule has 0 spiro atoms. The van der Waals surface area contributed by atoms with Gasteiger partial charge < -0.3 is 5.73 Å². The molecule has 4 heteroatoms. The van der Waals surface area contributed by atoms with Gasteiger partial charge in [0.05, 0.1) is 11.9 Å². The maximum atomic E-state index is 6.04. The molecule has 0 radical (unpaired) electrons. The third-order valence-corrected chi connectivity index (χ3v) is 3.14. The molecule has 2 N–H and O–H groups in total. The standard InChI is InChI=1S/C13H16ClN3/c1-3-12-10(7-15)8-16-17(12)13-6-11(14)5-4-9(13)2/h4-6,8H,3,7,15H2,1-2H3. The number of benzene rings is 1. The fourth-order valence-corrected chi connectivity index (χ4v) is 2.14. The molecule has 1 aromatic carbocycles. The van der Waals surface area contributed by atoms with Crippen LogP contribution in [-0.4, -0.2) is 9.78 Å². The van der Waals surface area contributed by atoms with E-state index in [9.17, 15) is 0 Å². The molecule has 3 nitrogen and oxygen atoms in total. The number of aryl methyl sites for hydroxylation is 1. The highest BCUT2D eigenvalue weighted by Gasteiger charge is 2.11. The van der Waals surface area contributed by atoms with Crippen molar-refractivity contribution >= 4 is 11.6 Å².